The molecule has 2 rings (SSSR count). The molecule has 4 heteroatoms. The van der Waals surface area contributed by atoms with Crippen LogP contribution in [0.4, 0.5) is 0 Å². The summed E-state index contributed by atoms with van der Waals surface area (Å²) < 4.78 is 1.85. The highest BCUT2D eigenvalue weighted by Gasteiger charge is 2.16. The van der Waals surface area contributed by atoms with E-state index < -0.39 is 0 Å². The Kier molecular flexibility index (Phi) is 2.72. The number of halogens is 1. The van der Waals surface area contributed by atoms with Crippen molar-refractivity contribution in [1.29, 1.82) is 0 Å². The van der Waals surface area contributed by atoms with Crippen LogP contribution in [0, 0.1) is 6.92 Å². The number of nitrogens with zero attached hydrogens (tertiary/aromatic N) is 2. The summed E-state index contributed by atoms with van der Waals surface area (Å²) in [6.45, 7) is 3.71. The van der Waals surface area contributed by atoms with Gasteiger partial charge in [-0.05, 0) is 13.0 Å². The predicted molar refractivity (Wildman–Crippen MR) is 65.1 cm³/mol. The van der Waals surface area contributed by atoms with Crippen molar-refractivity contribution >= 4 is 28.3 Å². The van der Waals surface area contributed by atoms with Gasteiger partial charge in [0, 0.05) is 30.7 Å². The van der Waals surface area contributed by atoms with Crippen molar-refractivity contribution in [2.24, 2.45) is 7.05 Å². The van der Waals surface area contributed by atoms with Gasteiger partial charge in [0.05, 0.1) is 10.5 Å². The minimum absolute atomic E-state index is 0.0477. The van der Waals surface area contributed by atoms with E-state index in [1.807, 2.05) is 31.5 Å². The highest BCUT2D eigenvalue weighted by atomic mass is 35.5. The molecule has 2 heterocycles. The topological polar surface area (TPSA) is 34.9 Å². The molecule has 0 aliphatic heterocycles. The number of ketones is 1. The van der Waals surface area contributed by atoms with Crippen molar-refractivity contribution in [1.82, 2.24) is 9.55 Å². The highest BCUT2D eigenvalue weighted by molar-refractivity contribution is 6.36. The summed E-state index contributed by atoms with van der Waals surface area (Å²) in [5, 5.41) is 1.56. The summed E-state index contributed by atoms with van der Waals surface area (Å²) in [5.41, 5.74) is 2.16. The summed E-state index contributed by atoms with van der Waals surface area (Å²) in [7, 11) is 1.87. The summed E-state index contributed by atoms with van der Waals surface area (Å²) in [6.07, 6.45) is 2.26. The van der Waals surface area contributed by atoms with E-state index >= 15 is 0 Å². The third-order valence-electron chi connectivity index (χ3n) is 2.62. The molecule has 84 valence electrons. The number of aromatic nitrogens is 2. The average molecular weight is 237 g/mol. The zero-order valence-corrected chi connectivity index (χ0v) is 10.3. The maximum atomic E-state index is 11.8. The van der Waals surface area contributed by atoms with Gasteiger partial charge in [-0.15, -0.1) is 0 Å². The molecule has 2 aromatic heterocycles. The average Bonchev–Trinajstić information content (AvgIpc) is 2.52. The number of hydrogen-bond donors (Lipinski definition) is 0. The smallest absolute Gasteiger partial charge is 0.183 e. The van der Waals surface area contributed by atoms with Gasteiger partial charge in [0.25, 0.3) is 0 Å². The third kappa shape index (κ3) is 1.61. The molecule has 0 atom stereocenters. The normalized spacial score (nSPS) is 11.0. The van der Waals surface area contributed by atoms with E-state index in [9.17, 15) is 4.79 Å². The summed E-state index contributed by atoms with van der Waals surface area (Å²) in [5.74, 6) is 0.0477. The molecular weight excluding hydrogens is 224 g/mol. The van der Waals surface area contributed by atoms with Gasteiger partial charge >= 0.3 is 0 Å². The van der Waals surface area contributed by atoms with E-state index in [2.05, 4.69) is 4.98 Å². The standard InChI is InChI=1S/C12H13ClN2O/c1-4-10(16)11-12-8(5-7(2)14-11)9(13)6-15(12)3/h5-6H,4H2,1-3H3. The Balaban J connectivity index is 2.86. The molecule has 0 N–H and O–H groups in total. The Morgan fingerprint density at radius 1 is 1.56 bits per heavy atom. The Morgan fingerprint density at radius 2 is 2.25 bits per heavy atom. The second kappa shape index (κ2) is 3.91. The van der Waals surface area contributed by atoms with Gasteiger partial charge in [0.1, 0.15) is 5.69 Å². The van der Waals surface area contributed by atoms with Crippen LogP contribution < -0.4 is 0 Å². The van der Waals surface area contributed by atoms with Crippen LogP contribution in [-0.4, -0.2) is 15.3 Å². The van der Waals surface area contributed by atoms with Crippen LogP contribution in [0.1, 0.15) is 29.5 Å². The van der Waals surface area contributed by atoms with Gasteiger partial charge in [-0.3, -0.25) is 4.79 Å². The SMILES string of the molecule is CCC(=O)c1nc(C)cc2c(Cl)cn(C)c12. The number of Topliss-reactive ketones (excluding diaryl/α,β-unsaturated/α-hetero) is 1. The zero-order chi connectivity index (χ0) is 11.9. The predicted octanol–water partition coefficient (Wildman–Crippen LogP) is 3.13. The van der Waals surface area contributed by atoms with E-state index in [1.54, 1.807) is 6.20 Å². The first-order chi connectivity index (χ1) is 7.54. The van der Waals surface area contributed by atoms with Gasteiger partial charge in [0.15, 0.2) is 5.78 Å². The molecule has 0 aliphatic rings. The van der Waals surface area contributed by atoms with Gasteiger partial charge in [-0.1, -0.05) is 18.5 Å². The minimum Gasteiger partial charge on any atom is -0.347 e. The first-order valence-electron chi connectivity index (χ1n) is 5.20. The van der Waals surface area contributed by atoms with Crippen LogP contribution in [0.5, 0.6) is 0 Å². The molecule has 2 aromatic rings. The molecule has 0 bridgehead atoms. The molecule has 3 nitrogen and oxygen atoms in total. The van der Waals surface area contributed by atoms with Gasteiger partial charge < -0.3 is 4.57 Å². The summed E-state index contributed by atoms with van der Waals surface area (Å²) in [4.78, 5) is 16.1. The number of aryl methyl sites for hydroxylation is 2. The van der Waals surface area contributed by atoms with Crippen molar-refractivity contribution < 1.29 is 4.79 Å². The van der Waals surface area contributed by atoms with Gasteiger partial charge in [-0.2, -0.15) is 0 Å². The molecular formula is C12H13ClN2O. The molecule has 0 aliphatic carbocycles. The molecule has 0 unspecified atom stereocenters. The van der Waals surface area contributed by atoms with Crippen LogP contribution in [0.3, 0.4) is 0 Å². The van der Waals surface area contributed by atoms with E-state index in [-0.39, 0.29) is 5.78 Å². The quantitative estimate of drug-likeness (QED) is 0.751. The summed E-state index contributed by atoms with van der Waals surface area (Å²) in [6, 6.07) is 1.91. The number of hydrogen-bond acceptors (Lipinski definition) is 2. The maximum absolute atomic E-state index is 11.8. The van der Waals surface area contributed by atoms with Crippen molar-refractivity contribution in [3.05, 3.63) is 28.7 Å². The fourth-order valence-electron chi connectivity index (χ4n) is 1.87. The van der Waals surface area contributed by atoms with Crippen molar-refractivity contribution in [2.45, 2.75) is 20.3 Å². The van der Waals surface area contributed by atoms with Crippen LogP contribution >= 0.6 is 11.6 Å². The Hall–Kier alpha value is -1.35. The third-order valence-corrected chi connectivity index (χ3v) is 2.92. The van der Waals surface area contributed by atoms with Crippen molar-refractivity contribution in [2.75, 3.05) is 0 Å². The number of pyridine rings is 1. The minimum atomic E-state index is 0.0477. The molecule has 0 saturated heterocycles. The molecule has 0 amide bonds. The zero-order valence-electron chi connectivity index (χ0n) is 9.54. The molecule has 0 spiro atoms. The highest BCUT2D eigenvalue weighted by Crippen LogP contribution is 2.28. The fraction of sp³-hybridized carbons (Fsp3) is 0.333. The first-order valence-corrected chi connectivity index (χ1v) is 5.57. The number of carbonyl (C=O) groups is 1. The van der Waals surface area contributed by atoms with E-state index in [1.165, 1.54) is 0 Å². The van der Waals surface area contributed by atoms with Crippen molar-refractivity contribution in [3.8, 4) is 0 Å². The molecule has 0 radical (unpaired) electrons. The van der Waals surface area contributed by atoms with Crippen LogP contribution in [0.15, 0.2) is 12.3 Å². The Morgan fingerprint density at radius 3 is 2.88 bits per heavy atom. The molecule has 0 fully saturated rings. The van der Waals surface area contributed by atoms with Crippen LogP contribution in [0.25, 0.3) is 10.9 Å². The maximum Gasteiger partial charge on any atom is 0.183 e. The lowest BCUT2D eigenvalue weighted by Crippen LogP contribution is -2.05. The summed E-state index contributed by atoms with van der Waals surface area (Å²) >= 11 is 6.11. The van der Waals surface area contributed by atoms with Crippen molar-refractivity contribution in [3.63, 3.8) is 0 Å². The molecule has 16 heavy (non-hydrogen) atoms. The molecule has 0 saturated carbocycles. The molecule has 0 aromatic carbocycles. The fourth-order valence-corrected chi connectivity index (χ4v) is 2.16. The lowest BCUT2D eigenvalue weighted by Gasteiger charge is -2.04. The monoisotopic (exact) mass is 236 g/mol. The largest absolute Gasteiger partial charge is 0.347 e. The number of carbonyl (C=O) groups excluding carboxylic acids is 1. The Bertz CT molecular complexity index is 572. The van der Waals surface area contributed by atoms with E-state index in [0.717, 1.165) is 16.6 Å². The number of fused-ring (bicyclic) bond motifs is 1. The van der Waals surface area contributed by atoms with Crippen LogP contribution in [-0.2, 0) is 7.05 Å². The van der Waals surface area contributed by atoms with Crippen LogP contribution in [0.2, 0.25) is 5.02 Å². The second-order valence-electron chi connectivity index (χ2n) is 3.87. The Labute approximate surface area is 99.0 Å². The number of rotatable bonds is 2. The first kappa shape index (κ1) is 11.1. The lowest BCUT2D eigenvalue weighted by molar-refractivity contribution is 0.0984. The second-order valence-corrected chi connectivity index (χ2v) is 4.28. The van der Waals surface area contributed by atoms with Gasteiger partial charge in [-0.25, -0.2) is 4.98 Å². The lowest BCUT2D eigenvalue weighted by atomic mass is 10.1. The van der Waals surface area contributed by atoms with E-state index in [0.29, 0.717) is 17.1 Å². The van der Waals surface area contributed by atoms with Gasteiger partial charge in [0.2, 0.25) is 0 Å². The van der Waals surface area contributed by atoms with E-state index in [4.69, 9.17) is 11.6 Å².